The van der Waals surface area contributed by atoms with Crippen molar-refractivity contribution >= 4 is 0 Å². The predicted molar refractivity (Wildman–Crippen MR) is 69.4 cm³/mol. The molecular formula is C15H22O2. The van der Waals surface area contributed by atoms with Crippen molar-refractivity contribution in [3.8, 4) is 5.75 Å². The third kappa shape index (κ3) is 2.32. The average Bonchev–Trinajstić information content (AvgIpc) is 3.10. The summed E-state index contributed by atoms with van der Waals surface area (Å²) < 4.78 is 5.35. The zero-order chi connectivity index (χ0) is 12.5. The highest BCUT2D eigenvalue weighted by Gasteiger charge is 2.44. The molecule has 17 heavy (non-hydrogen) atoms. The second-order valence-corrected chi connectivity index (χ2v) is 5.00. The van der Waals surface area contributed by atoms with Crippen LogP contribution in [0.1, 0.15) is 56.6 Å². The highest BCUT2D eigenvalue weighted by Crippen LogP contribution is 2.49. The van der Waals surface area contributed by atoms with E-state index in [4.69, 9.17) is 4.74 Å². The number of methoxy groups -OCH3 is 1. The SMILES string of the molecule is CCC(CC)c1ccc(OC)c(C2(O)CC2)c1. The maximum atomic E-state index is 10.3. The molecule has 1 aliphatic carbocycles. The van der Waals surface area contributed by atoms with Gasteiger partial charge >= 0.3 is 0 Å². The molecule has 0 aliphatic heterocycles. The lowest BCUT2D eigenvalue weighted by molar-refractivity contribution is 0.147. The molecule has 0 atom stereocenters. The van der Waals surface area contributed by atoms with E-state index < -0.39 is 5.60 Å². The van der Waals surface area contributed by atoms with Gasteiger partial charge in [0.25, 0.3) is 0 Å². The van der Waals surface area contributed by atoms with Crippen LogP contribution in [-0.2, 0) is 5.60 Å². The Bertz CT molecular complexity index is 390. The number of benzene rings is 1. The highest BCUT2D eigenvalue weighted by atomic mass is 16.5. The molecule has 2 nitrogen and oxygen atoms in total. The molecule has 1 aromatic carbocycles. The molecular weight excluding hydrogens is 212 g/mol. The molecule has 1 saturated carbocycles. The van der Waals surface area contributed by atoms with Crippen LogP contribution in [0.25, 0.3) is 0 Å². The second kappa shape index (κ2) is 4.69. The Morgan fingerprint density at radius 3 is 2.41 bits per heavy atom. The topological polar surface area (TPSA) is 29.5 Å². The molecule has 1 fully saturated rings. The number of rotatable bonds is 5. The maximum absolute atomic E-state index is 10.3. The first kappa shape index (κ1) is 12.4. The van der Waals surface area contributed by atoms with E-state index in [1.165, 1.54) is 5.56 Å². The van der Waals surface area contributed by atoms with E-state index in [0.29, 0.717) is 5.92 Å². The minimum absolute atomic E-state index is 0.585. The predicted octanol–water partition coefficient (Wildman–Crippen LogP) is 3.58. The first-order valence-electron chi connectivity index (χ1n) is 6.55. The van der Waals surface area contributed by atoms with Gasteiger partial charge in [-0.25, -0.2) is 0 Å². The third-order valence-electron chi connectivity index (χ3n) is 3.91. The van der Waals surface area contributed by atoms with Crippen molar-refractivity contribution in [2.75, 3.05) is 7.11 Å². The van der Waals surface area contributed by atoms with Crippen LogP contribution in [0.4, 0.5) is 0 Å². The van der Waals surface area contributed by atoms with Gasteiger partial charge in [0.2, 0.25) is 0 Å². The molecule has 2 heteroatoms. The summed E-state index contributed by atoms with van der Waals surface area (Å²) in [5.74, 6) is 1.40. The van der Waals surface area contributed by atoms with Gasteiger partial charge in [-0.05, 0) is 49.3 Å². The third-order valence-corrected chi connectivity index (χ3v) is 3.91. The van der Waals surface area contributed by atoms with Crippen LogP contribution in [0.15, 0.2) is 18.2 Å². The summed E-state index contributed by atoms with van der Waals surface area (Å²) in [5, 5.41) is 10.3. The standard InChI is InChI=1S/C15H22O2/c1-4-11(5-2)12-6-7-14(17-3)13(10-12)15(16)8-9-15/h6-7,10-11,16H,4-5,8-9H2,1-3H3. The van der Waals surface area contributed by atoms with Crippen molar-refractivity contribution < 1.29 is 9.84 Å². The Kier molecular flexibility index (Phi) is 3.43. The van der Waals surface area contributed by atoms with Crippen LogP contribution < -0.4 is 4.74 Å². The molecule has 94 valence electrons. The zero-order valence-electron chi connectivity index (χ0n) is 11.0. The largest absolute Gasteiger partial charge is 0.496 e. The summed E-state index contributed by atoms with van der Waals surface area (Å²) in [5.41, 5.74) is 1.68. The van der Waals surface area contributed by atoms with Gasteiger partial charge in [0.1, 0.15) is 5.75 Å². The van der Waals surface area contributed by atoms with Crippen molar-refractivity contribution in [1.82, 2.24) is 0 Å². The minimum Gasteiger partial charge on any atom is -0.496 e. The van der Waals surface area contributed by atoms with Crippen LogP contribution >= 0.6 is 0 Å². The minimum atomic E-state index is -0.618. The average molecular weight is 234 g/mol. The van der Waals surface area contributed by atoms with Crippen LogP contribution in [0.3, 0.4) is 0 Å². The monoisotopic (exact) mass is 234 g/mol. The second-order valence-electron chi connectivity index (χ2n) is 5.00. The van der Waals surface area contributed by atoms with Crippen LogP contribution in [0, 0.1) is 0 Å². The summed E-state index contributed by atoms with van der Waals surface area (Å²) in [7, 11) is 1.67. The Balaban J connectivity index is 2.38. The smallest absolute Gasteiger partial charge is 0.124 e. The van der Waals surface area contributed by atoms with Gasteiger partial charge < -0.3 is 9.84 Å². The number of hydrogen-bond donors (Lipinski definition) is 1. The lowest BCUT2D eigenvalue weighted by Crippen LogP contribution is -2.08. The van der Waals surface area contributed by atoms with Gasteiger partial charge in [0.05, 0.1) is 12.7 Å². The van der Waals surface area contributed by atoms with E-state index in [-0.39, 0.29) is 0 Å². The summed E-state index contributed by atoms with van der Waals surface area (Å²) >= 11 is 0. The molecule has 1 N–H and O–H groups in total. The quantitative estimate of drug-likeness (QED) is 0.843. The normalized spacial score (nSPS) is 17.2. The number of aliphatic hydroxyl groups is 1. The summed E-state index contributed by atoms with van der Waals surface area (Å²) in [6, 6.07) is 6.27. The van der Waals surface area contributed by atoms with Gasteiger partial charge in [-0.15, -0.1) is 0 Å². The Morgan fingerprint density at radius 1 is 1.29 bits per heavy atom. The molecule has 1 aliphatic rings. The van der Waals surface area contributed by atoms with Crippen LogP contribution in [0.2, 0.25) is 0 Å². The van der Waals surface area contributed by atoms with Crippen molar-refractivity contribution in [3.63, 3.8) is 0 Å². The molecule has 0 radical (unpaired) electrons. The van der Waals surface area contributed by atoms with Gasteiger partial charge in [-0.3, -0.25) is 0 Å². The molecule has 0 heterocycles. The van der Waals surface area contributed by atoms with Crippen molar-refractivity contribution in [1.29, 1.82) is 0 Å². The van der Waals surface area contributed by atoms with Crippen LogP contribution in [-0.4, -0.2) is 12.2 Å². The molecule has 2 rings (SSSR count). The maximum Gasteiger partial charge on any atom is 0.124 e. The molecule has 0 spiro atoms. The zero-order valence-corrected chi connectivity index (χ0v) is 11.0. The molecule has 1 aromatic rings. The molecule has 0 saturated heterocycles. The fourth-order valence-corrected chi connectivity index (χ4v) is 2.49. The molecule has 0 bridgehead atoms. The van der Waals surface area contributed by atoms with E-state index in [1.807, 2.05) is 6.07 Å². The van der Waals surface area contributed by atoms with E-state index in [9.17, 15) is 5.11 Å². The Morgan fingerprint density at radius 2 is 1.94 bits per heavy atom. The lowest BCUT2D eigenvalue weighted by Gasteiger charge is -2.18. The first-order chi connectivity index (χ1) is 8.14. The van der Waals surface area contributed by atoms with Crippen molar-refractivity contribution in [3.05, 3.63) is 29.3 Å². The van der Waals surface area contributed by atoms with Gasteiger partial charge in [0.15, 0.2) is 0 Å². The summed E-state index contributed by atoms with van der Waals surface area (Å²) in [4.78, 5) is 0. The molecule has 0 unspecified atom stereocenters. The first-order valence-corrected chi connectivity index (χ1v) is 6.55. The van der Waals surface area contributed by atoms with E-state index in [2.05, 4.69) is 26.0 Å². The molecule has 0 aromatic heterocycles. The van der Waals surface area contributed by atoms with Crippen molar-refractivity contribution in [2.24, 2.45) is 0 Å². The lowest BCUT2D eigenvalue weighted by atomic mass is 9.91. The Labute approximate surface area is 104 Å². The van der Waals surface area contributed by atoms with E-state index in [1.54, 1.807) is 7.11 Å². The van der Waals surface area contributed by atoms with Gasteiger partial charge in [0, 0.05) is 5.56 Å². The summed E-state index contributed by atoms with van der Waals surface area (Å²) in [6.45, 7) is 4.42. The Hall–Kier alpha value is -1.02. The number of hydrogen-bond acceptors (Lipinski definition) is 2. The summed E-state index contributed by atoms with van der Waals surface area (Å²) in [6.07, 6.45) is 3.99. The highest BCUT2D eigenvalue weighted by molar-refractivity contribution is 5.44. The van der Waals surface area contributed by atoms with E-state index >= 15 is 0 Å². The van der Waals surface area contributed by atoms with E-state index in [0.717, 1.165) is 37.0 Å². The van der Waals surface area contributed by atoms with Gasteiger partial charge in [-0.1, -0.05) is 19.9 Å². The fourth-order valence-electron chi connectivity index (χ4n) is 2.49. The molecule has 0 amide bonds. The van der Waals surface area contributed by atoms with Gasteiger partial charge in [-0.2, -0.15) is 0 Å². The van der Waals surface area contributed by atoms with Crippen LogP contribution in [0.5, 0.6) is 5.75 Å². The van der Waals surface area contributed by atoms with Crippen molar-refractivity contribution in [2.45, 2.75) is 51.0 Å². The fraction of sp³-hybridized carbons (Fsp3) is 0.600. The number of ether oxygens (including phenoxy) is 1.